The van der Waals surface area contributed by atoms with Crippen LogP contribution in [-0.2, 0) is 0 Å². The van der Waals surface area contributed by atoms with E-state index in [1.165, 1.54) is 64.5 Å². The maximum Gasteiger partial charge on any atom is 0.0362 e. The van der Waals surface area contributed by atoms with Crippen LogP contribution in [-0.4, -0.2) is 36.1 Å². The first-order valence-electron chi connectivity index (χ1n) is 8.96. The third-order valence-electron chi connectivity index (χ3n) is 5.49. The first-order chi connectivity index (χ1) is 9.48. The van der Waals surface area contributed by atoms with Gasteiger partial charge in [-0.2, -0.15) is 0 Å². The fraction of sp³-hybridized carbons (Fsp3) is 1.00. The Labute approximate surface area is 126 Å². The fourth-order valence-electron chi connectivity index (χ4n) is 4.42. The topological polar surface area (TPSA) is 15.3 Å². The molecule has 1 heterocycles. The minimum absolute atomic E-state index is 0.457. The lowest BCUT2D eigenvalue weighted by Gasteiger charge is -2.46. The van der Waals surface area contributed by atoms with Crippen molar-refractivity contribution in [1.29, 1.82) is 0 Å². The monoisotopic (exact) mass is 280 g/mol. The van der Waals surface area contributed by atoms with Crippen LogP contribution < -0.4 is 5.32 Å². The molecule has 2 aliphatic rings. The van der Waals surface area contributed by atoms with Crippen molar-refractivity contribution in [3.05, 3.63) is 0 Å². The second kappa shape index (κ2) is 6.79. The Kier molecular flexibility index (Phi) is 5.53. The number of hydrogen-bond donors (Lipinski definition) is 1. The first-order valence-corrected chi connectivity index (χ1v) is 8.96. The molecule has 1 atom stereocenters. The number of hydrogen-bond acceptors (Lipinski definition) is 2. The van der Waals surface area contributed by atoms with Crippen LogP contribution in [0.4, 0.5) is 0 Å². The van der Waals surface area contributed by atoms with Crippen molar-refractivity contribution in [3.8, 4) is 0 Å². The molecule has 0 aromatic carbocycles. The summed E-state index contributed by atoms with van der Waals surface area (Å²) in [6, 6.07) is 0.701. The fourth-order valence-corrected chi connectivity index (χ4v) is 4.42. The quantitative estimate of drug-likeness (QED) is 0.784. The second-order valence-corrected chi connectivity index (χ2v) is 8.21. The van der Waals surface area contributed by atoms with Crippen molar-refractivity contribution >= 4 is 0 Å². The van der Waals surface area contributed by atoms with E-state index in [1.54, 1.807) is 0 Å². The Morgan fingerprint density at radius 1 is 1.05 bits per heavy atom. The molecule has 1 unspecified atom stereocenters. The molecular weight excluding hydrogens is 244 g/mol. The van der Waals surface area contributed by atoms with Crippen molar-refractivity contribution in [2.45, 2.75) is 90.6 Å². The predicted octanol–water partition coefficient (Wildman–Crippen LogP) is 4.20. The van der Waals surface area contributed by atoms with E-state index in [-0.39, 0.29) is 0 Å². The molecule has 118 valence electrons. The highest BCUT2D eigenvalue weighted by Crippen LogP contribution is 2.42. The van der Waals surface area contributed by atoms with Gasteiger partial charge in [0.1, 0.15) is 0 Å². The van der Waals surface area contributed by atoms with E-state index in [1.807, 2.05) is 0 Å². The summed E-state index contributed by atoms with van der Waals surface area (Å²) in [5.41, 5.74) is 0.941. The molecule has 2 rings (SSSR count). The van der Waals surface area contributed by atoms with Crippen LogP contribution in [0.3, 0.4) is 0 Å². The van der Waals surface area contributed by atoms with Crippen LogP contribution >= 0.6 is 0 Å². The molecule has 1 saturated heterocycles. The van der Waals surface area contributed by atoms with Crippen LogP contribution in [0, 0.1) is 5.41 Å². The molecule has 0 radical (unpaired) electrons. The summed E-state index contributed by atoms with van der Waals surface area (Å²) in [5.74, 6) is 0. The zero-order chi connectivity index (χ0) is 14.6. The van der Waals surface area contributed by atoms with Crippen LogP contribution in [0.25, 0.3) is 0 Å². The Morgan fingerprint density at radius 3 is 2.15 bits per heavy atom. The molecule has 0 aromatic heterocycles. The van der Waals surface area contributed by atoms with Gasteiger partial charge in [0.2, 0.25) is 0 Å². The Bertz CT molecular complexity index is 280. The van der Waals surface area contributed by atoms with Gasteiger partial charge < -0.3 is 5.32 Å². The highest BCUT2D eigenvalue weighted by molar-refractivity contribution is 5.04. The van der Waals surface area contributed by atoms with Gasteiger partial charge in [-0.15, -0.1) is 0 Å². The van der Waals surface area contributed by atoms with E-state index in [2.05, 4.69) is 37.9 Å². The van der Waals surface area contributed by atoms with Gasteiger partial charge in [-0.25, -0.2) is 0 Å². The minimum atomic E-state index is 0.457. The Balaban J connectivity index is 2.09. The average molecular weight is 280 g/mol. The summed E-state index contributed by atoms with van der Waals surface area (Å²) in [5, 5.41) is 3.87. The lowest BCUT2D eigenvalue weighted by Crippen LogP contribution is -2.59. The standard InChI is InChI=1S/C18H36N2/c1-5-19-16(10-13-17(2,3)4)18(11-6-7-12-18)20-14-8-9-15-20/h16,19H,5-15H2,1-4H3. The molecule has 20 heavy (non-hydrogen) atoms. The summed E-state index contributed by atoms with van der Waals surface area (Å²) < 4.78 is 0. The third kappa shape index (κ3) is 3.76. The zero-order valence-corrected chi connectivity index (χ0v) is 14.3. The summed E-state index contributed by atoms with van der Waals surface area (Å²) in [6.07, 6.45) is 11.2. The number of likely N-dealkylation sites (tertiary alicyclic amines) is 1. The van der Waals surface area contributed by atoms with E-state index in [4.69, 9.17) is 0 Å². The molecule has 2 heteroatoms. The first kappa shape index (κ1) is 16.3. The van der Waals surface area contributed by atoms with E-state index < -0.39 is 0 Å². The van der Waals surface area contributed by atoms with Crippen LogP contribution in [0.5, 0.6) is 0 Å². The number of likely N-dealkylation sites (N-methyl/N-ethyl adjacent to an activating group) is 1. The maximum absolute atomic E-state index is 3.87. The molecule has 2 fully saturated rings. The maximum atomic E-state index is 3.87. The molecule has 0 aromatic rings. The highest BCUT2D eigenvalue weighted by Gasteiger charge is 2.46. The van der Waals surface area contributed by atoms with Crippen molar-refractivity contribution < 1.29 is 0 Å². The van der Waals surface area contributed by atoms with Gasteiger partial charge in [-0.3, -0.25) is 4.90 Å². The molecule has 1 aliphatic heterocycles. The number of nitrogens with zero attached hydrogens (tertiary/aromatic N) is 1. The smallest absolute Gasteiger partial charge is 0.0362 e. The summed E-state index contributed by atoms with van der Waals surface area (Å²) in [7, 11) is 0. The molecule has 1 aliphatic carbocycles. The minimum Gasteiger partial charge on any atom is -0.312 e. The van der Waals surface area contributed by atoms with Crippen molar-refractivity contribution in [1.82, 2.24) is 10.2 Å². The number of nitrogens with one attached hydrogen (secondary N) is 1. The normalized spacial score (nSPS) is 25.2. The van der Waals surface area contributed by atoms with Gasteiger partial charge in [-0.05, 0) is 63.6 Å². The largest absolute Gasteiger partial charge is 0.312 e. The van der Waals surface area contributed by atoms with E-state index in [9.17, 15) is 0 Å². The van der Waals surface area contributed by atoms with Crippen LogP contribution in [0.1, 0.15) is 79.1 Å². The Morgan fingerprint density at radius 2 is 1.65 bits per heavy atom. The highest BCUT2D eigenvalue weighted by atomic mass is 15.2. The average Bonchev–Trinajstić information content (AvgIpc) is 3.03. The molecule has 0 bridgehead atoms. The molecule has 1 N–H and O–H groups in total. The van der Waals surface area contributed by atoms with Crippen LogP contribution in [0.15, 0.2) is 0 Å². The Hall–Kier alpha value is -0.0800. The van der Waals surface area contributed by atoms with E-state index >= 15 is 0 Å². The van der Waals surface area contributed by atoms with Gasteiger partial charge in [0.15, 0.2) is 0 Å². The SMILES string of the molecule is CCNC(CCC(C)(C)C)C1(N2CCCC2)CCCC1. The van der Waals surface area contributed by atoms with Crippen LogP contribution in [0.2, 0.25) is 0 Å². The summed E-state index contributed by atoms with van der Waals surface area (Å²) >= 11 is 0. The van der Waals surface area contributed by atoms with Gasteiger partial charge in [0.05, 0.1) is 0 Å². The van der Waals surface area contributed by atoms with Crippen molar-refractivity contribution in [3.63, 3.8) is 0 Å². The zero-order valence-electron chi connectivity index (χ0n) is 14.3. The second-order valence-electron chi connectivity index (χ2n) is 8.21. The lowest BCUT2D eigenvalue weighted by molar-refractivity contribution is 0.0685. The molecule has 0 amide bonds. The third-order valence-corrected chi connectivity index (χ3v) is 5.49. The lowest BCUT2D eigenvalue weighted by atomic mass is 9.79. The van der Waals surface area contributed by atoms with Gasteiger partial charge in [0, 0.05) is 11.6 Å². The van der Waals surface area contributed by atoms with Gasteiger partial charge >= 0.3 is 0 Å². The van der Waals surface area contributed by atoms with E-state index in [0.29, 0.717) is 17.0 Å². The van der Waals surface area contributed by atoms with Gasteiger partial charge in [0.25, 0.3) is 0 Å². The molecule has 2 nitrogen and oxygen atoms in total. The molecule has 1 saturated carbocycles. The molecular formula is C18H36N2. The van der Waals surface area contributed by atoms with E-state index in [0.717, 1.165) is 6.54 Å². The molecule has 0 spiro atoms. The number of rotatable bonds is 6. The van der Waals surface area contributed by atoms with Gasteiger partial charge in [-0.1, -0.05) is 40.5 Å². The van der Waals surface area contributed by atoms with Crippen molar-refractivity contribution in [2.24, 2.45) is 5.41 Å². The summed E-state index contributed by atoms with van der Waals surface area (Å²) in [6.45, 7) is 13.2. The predicted molar refractivity (Wildman–Crippen MR) is 88.2 cm³/mol. The van der Waals surface area contributed by atoms with Crippen molar-refractivity contribution in [2.75, 3.05) is 19.6 Å². The summed E-state index contributed by atoms with van der Waals surface area (Å²) in [4.78, 5) is 2.86.